The number of amides is 1. The van der Waals surface area contributed by atoms with Crippen molar-refractivity contribution in [2.24, 2.45) is 0 Å². The lowest BCUT2D eigenvalue weighted by Gasteiger charge is -2.19. The van der Waals surface area contributed by atoms with E-state index in [1.54, 1.807) is 19.1 Å². The number of nitrogens with one attached hydrogen (secondary N) is 3. The van der Waals surface area contributed by atoms with Gasteiger partial charge in [0.15, 0.2) is 11.2 Å². The molecular weight excluding hydrogens is 362 g/mol. The molecule has 0 spiro atoms. The fraction of sp³-hybridized carbons (Fsp3) is 0.529. The summed E-state index contributed by atoms with van der Waals surface area (Å²) in [5.41, 5.74) is 6.98. The zero-order chi connectivity index (χ0) is 18.4. The van der Waals surface area contributed by atoms with Gasteiger partial charge in [0.05, 0.1) is 6.10 Å². The molecular formula is C17H24ClN3O3S. The fourth-order valence-electron chi connectivity index (χ4n) is 2.59. The Labute approximate surface area is 158 Å². The van der Waals surface area contributed by atoms with E-state index in [9.17, 15) is 4.79 Å². The molecule has 0 unspecified atom stereocenters. The summed E-state index contributed by atoms with van der Waals surface area (Å²) >= 11 is 11.1. The third kappa shape index (κ3) is 6.02. The van der Waals surface area contributed by atoms with Crippen molar-refractivity contribution in [1.82, 2.24) is 16.2 Å². The van der Waals surface area contributed by atoms with Gasteiger partial charge in [0.1, 0.15) is 5.75 Å². The lowest BCUT2D eigenvalue weighted by molar-refractivity contribution is -0.127. The van der Waals surface area contributed by atoms with Crippen LogP contribution in [0, 0.1) is 13.8 Å². The number of ether oxygens (including phenoxy) is 2. The van der Waals surface area contributed by atoms with Crippen molar-refractivity contribution >= 4 is 34.8 Å². The molecule has 1 aromatic carbocycles. The first-order chi connectivity index (χ1) is 11.9. The minimum Gasteiger partial charge on any atom is -0.480 e. The standard InChI is InChI=1S/C17H24ClN3O3S/c1-10-7-13(18)8-11(2)15(10)24-12(3)16(22)20-21-17(25)19-9-14-5-4-6-23-14/h7-8,12,14H,4-6,9H2,1-3H3,(H,20,22)(H2,19,21,25)/t12-,14+/m1/s1. The maximum absolute atomic E-state index is 12.2. The van der Waals surface area contributed by atoms with E-state index >= 15 is 0 Å². The predicted octanol–water partition coefficient (Wildman–Crippen LogP) is 2.40. The molecule has 0 bridgehead atoms. The summed E-state index contributed by atoms with van der Waals surface area (Å²) < 4.78 is 11.3. The smallest absolute Gasteiger partial charge is 0.279 e. The third-order valence-electron chi connectivity index (χ3n) is 3.90. The molecule has 0 aliphatic carbocycles. The number of hydrogen-bond acceptors (Lipinski definition) is 4. The number of carbonyl (C=O) groups excluding carboxylic acids is 1. The van der Waals surface area contributed by atoms with Crippen molar-refractivity contribution in [3.63, 3.8) is 0 Å². The van der Waals surface area contributed by atoms with Crippen LogP contribution in [0.1, 0.15) is 30.9 Å². The molecule has 2 atom stereocenters. The van der Waals surface area contributed by atoms with Gasteiger partial charge in [-0.2, -0.15) is 0 Å². The maximum Gasteiger partial charge on any atom is 0.279 e. The molecule has 0 aromatic heterocycles. The number of thiocarbonyl (C=S) groups is 1. The number of aryl methyl sites for hydroxylation is 2. The van der Waals surface area contributed by atoms with Crippen LogP contribution < -0.4 is 20.9 Å². The summed E-state index contributed by atoms with van der Waals surface area (Å²) in [6.45, 7) is 6.87. The highest BCUT2D eigenvalue weighted by Crippen LogP contribution is 2.27. The average Bonchev–Trinajstić information content (AvgIpc) is 3.07. The van der Waals surface area contributed by atoms with Gasteiger partial charge in [0.2, 0.25) is 0 Å². The largest absolute Gasteiger partial charge is 0.480 e. The second-order valence-corrected chi connectivity index (χ2v) is 6.93. The van der Waals surface area contributed by atoms with E-state index in [-0.39, 0.29) is 12.0 Å². The van der Waals surface area contributed by atoms with Crippen LogP contribution in [0.15, 0.2) is 12.1 Å². The molecule has 2 rings (SSSR count). The van der Waals surface area contributed by atoms with E-state index in [1.807, 2.05) is 13.8 Å². The Balaban J connectivity index is 1.77. The van der Waals surface area contributed by atoms with Gasteiger partial charge in [-0.05, 0) is 69.1 Å². The van der Waals surface area contributed by atoms with Gasteiger partial charge in [-0.1, -0.05) is 11.6 Å². The molecule has 6 nitrogen and oxygen atoms in total. The van der Waals surface area contributed by atoms with E-state index in [2.05, 4.69) is 16.2 Å². The number of hydrogen-bond donors (Lipinski definition) is 3. The van der Waals surface area contributed by atoms with Crippen LogP contribution in [0.25, 0.3) is 0 Å². The van der Waals surface area contributed by atoms with Crippen molar-refractivity contribution in [3.05, 3.63) is 28.3 Å². The normalized spacial score (nSPS) is 17.7. The zero-order valence-electron chi connectivity index (χ0n) is 14.6. The quantitative estimate of drug-likeness (QED) is 0.534. The molecule has 1 aliphatic rings. The molecule has 0 radical (unpaired) electrons. The molecule has 3 N–H and O–H groups in total. The number of carbonyl (C=O) groups is 1. The first-order valence-corrected chi connectivity index (χ1v) is 9.04. The number of hydrazine groups is 1. The van der Waals surface area contributed by atoms with Crippen LogP contribution in [-0.2, 0) is 9.53 Å². The molecule has 1 aliphatic heterocycles. The van der Waals surface area contributed by atoms with Crippen molar-refractivity contribution in [1.29, 1.82) is 0 Å². The first-order valence-electron chi connectivity index (χ1n) is 8.25. The summed E-state index contributed by atoms with van der Waals surface area (Å²) in [4.78, 5) is 12.2. The van der Waals surface area contributed by atoms with Crippen molar-refractivity contribution in [3.8, 4) is 5.75 Å². The van der Waals surface area contributed by atoms with E-state index < -0.39 is 6.10 Å². The van der Waals surface area contributed by atoms with Gasteiger partial charge in [-0.3, -0.25) is 15.6 Å². The van der Waals surface area contributed by atoms with Crippen molar-refractivity contribution < 1.29 is 14.3 Å². The van der Waals surface area contributed by atoms with E-state index in [4.69, 9.17) is 33.3 Å². The highest BCUT2D eigenvalue weighted by Gasteiger charge is 2.18. The summed E-state index contributed by atoms with van der Waals surface area (Å²) in [5.74, 6) is 0.334. The van der Waals surface area contributed by atoms with Gasteiger partial charge in [-0.15, -0.1) is 0 Å². The molecule has 1 fully saturated rings. The fourth-order valence-corrected chi connectivity index (χ4v) is 3.05. The van der Waals surface area contributed by atoms with E-state index in [1.165, 1.54) is 0 Å². The SMILES string of the molecule is Cc1cc(Cl)cc(C)c1O[C@H](C)C(=O)NNC(=S)NC[C@@H]1CCCO1. The van der Waals surface area contributed by atoms with Crippen LogP contribution in [0.5, 0.6) is 5.75 Å². The molecule has 8 heteroatoms. The molecule has 1 heterocycles. The van der Waals surface area contributed by atoms with E-state index in [0.29, 0.717) is 22.4 Å². The highest BCUT2D eigenvalue weighted by atomic mass is 35.5. The number of rotatable bonds is 5. The molecule has 138 valence electrons. The van der Waals surface area contributed by atoms with Gasteiger partial charge >= 0.3 is 0 Å². The second kappa shape index (κ2) is 9.22. The Bertz CT molecular complexity index is 613. The van der Waals surface area contributed by atoms with Crippen LogP contribution in [0.3, 0.4) is 0 Å². The first kappa shape index (κ1) is 19.8. The van der Waals surface area contributed by atoms with Crippen molar-refractivity contribution in [2.45, 2.75) is 45.8 Å². The third-order valence-corrected chi connectivity index (χ3v) is 4.37. The van der Waals surface area contributed by atoms with Crippen LogP contribution in [0.2, 0.25) is 5.02 Å². The van der Waals surface area contributed by atoms with Gasteiger partial charge in [0, 0.05) is 18.2 Å². The summed E-state index contributed by atoms with van der Waals surface area (Å²) in [6, 6.07) is 3.60. The predicted molar refractivity (Wildman–Crippen MR) is 102 cm³/mol. The average molecular weight is 386 g/mol. The summed E-state index contributed by atoms with van der Waals surface area (Å²) in [5, 5.41) is 4.00. The lowest BCUT2D eigenvalue weighted by Crippen LogP contribution is -2.51. The minimum absolute atomic E-state index is 0.175. The molecule has 25 heavy (non-hydrogen) atoms. The molecule has 1 saturated heterocycles. The van der Waals surface area contributed by atoms with Crippen LogP contribution in [0.4, 0.5) is 0 Å². The minimum atomic E-state index is -0.688. The van der Waals surface area contributed by atoms with E-state index in [0.717, 1.165) is 30.6 Å². The van der Waals surface area contributed by atoms with Gasteiger partial charge in [-0.25, -0.2) is 0 Å². The Hall–Kier alpha value is -1.57. The summed E-state index contributed by atoms with van der Waals surface area (Å²) in [6.07, 6.45) is 1.58. The maximum atomic E-state index is 12.2. The van der Waals surface area contributed by atoms with Crippen LogP contribution in [-0.4, -0.2) is 36.4 Å². The Morgan fingerprint density at radius 1 is 1.40 bits per heavy atom. The zero-order valence-corrected chi connectivity index (χ0v) is 16.2. The Kier molecular flexibility index (Phi) is 7.28. The van der Waals surface area contributed by atoms with Gasteiger partial charge in [0.25, 0.3) is 5.91 Å². The van der Waals surface area contributed by atoms with Gasteiger partial charge < -0.3 is 14.8 Å². The van der Waals surface area contributed by atoms with Crippen molar-refractivity contribution in [2.75, 3.05) is 13.2 Å². The number of benzene rings is 1. The monoisotopic (exact) mass is 385 g/mol. The number of halogens is 1. The molecule has 1 aromatic rings. The Morgan fingerprint density at radius 3 is 2.68 bits per heavy atom. The summed E-state index contributed by atoms with van der Waals surface area (Å²) in [7, 11) is 0. The second-order valence-electron chi connectivity index (χ2n) is 6.09. The topological polar surface area (TPSA) is 71.6 Å². The molecule has 0 saturated carbocycles. The Morgan fingerprint density at radius 2 is 2.08 bits per heavy atom. The molecule has 1 amide bonds. The highest BCUT2D eigenvalue weighted by molar-refractivity contribution is 7.80. The van der Waals surface area contributed by atoms with Crippen LogP contribution >= 0.6 is 23.8 Å². The lowest BCUT2D eigenvalue weighted by atomic mass is 10.1.